The molecule has 5 amide bonds. The summed E-state index contributed by atoms with van der Waals surface area (Å²) in [7, 11) is 0. The Hall–Kier alpha value is -3.23. The van der Waals surface area contributed by atoms with Crippen LogP contribution in [-0.4, -0.2) is 83.0 Å². The zero-order valence-corrected chi connectivity index (χ0v) is 18.6. The highest BCUT2D eigenvalue weighted by atomic mass is 16.2. The van der Waals surface area contributed by atoms with Gasteiger partial charge in [-0.25, -0.2) is 0 Å². The Balaban J connectivity index is 1.51. The Morgan fingerprint density at radius 2 is 1.47 bits per heavy atom. The molecule has 9 heteroatoms. The first-order valence-electron chi connectivity index (χ1n) is 11.0. The van der Waals surface area contributed by atoms with Crippen molar-refractivity contribution in [1.82, 2.24) is 20.0 Å². The lowest BCUT2D eigenvalue weighted by atomic mass is 10.0. The molecule has 0 aliphatic carbocycles. The number of amides is 5. The molecule has 1 aromatic rings. The van der Waals surface area contributed by atoms with Crippen LogP contribution in [0.5, 0.6) is 0 Å². The summed E-state index contributed by atoms with van der Waals surface area (Å²) in [6, 6.07) is 8.70. The molecule has 32 heavy (non-hydrogen) atoms. The van der Waals surface area contributed by atoms with E-state index in [2.05, 4.69) is 5.32 Å². The average molecular weight is 443 g/mol. The molecule has 1 atom stereocenters. The van der Waals surface area contributed by atoms with E-state index >= 15 is 0 Å². The maximum atomic E-state index is 13.1. The zero-order valence-electron chi connectivity index (χ0n) is 18.6. The Morgan fingerprint density at radius 1 is 0.906 bits per heavy atom. The Bertz CT molecular complexity index is 862. The molecule has 0 bridgehead atoms. The molecule has 0 spiro atoms. The van der Waals surface area contributed by atoms with Gasteiger partial charge in [-0.1, -0.05) is 44.2 Å². The summed E-state index contributed by atoms with van der Waals surface area (Å²) >= 11 is 0. The third-order valence-electron chi connectivity index (χ3n) is 5.85. The number of carbonyl (C=O) groups excluding carboxylic acids is 5. The van der Waals surface area contributed by atoms with Crippen molar-refractivity contribution in [3.8, 4) is 0 Å². The summed E-state index contributed by atoms with van der Waals surface area (Å²) in [6.45, 7) is 4.85. The fourth-order valence-electron chi connectivity index (χ4n) is 3.93. The van der Waals surface area contributed by atoms with E-state index in [-0.39, 0.29) is 61.3 Å². The number of nitrogens with zero attached hydrogens (tertiary/aromatic N) is 3. The van der Waals surface area contributed by atoms with Crippen LogP contribution >= 0.6 is 0 Å². The first-order chi connectivity index (χ1) is 15.3. The van der Waals surface area contributed by atoms with Gasteiger partial charge in [-0.2, -0.15) is 0 Å². The van der Waals surface area contributed by atoms with Crippen LogP contribution < -0.4 is 5.32 Å². The van der Waals surface area contributed by atoms with Gasteiger partial charge in [-0.05, 0) is 11.5 Å². The summed E-state index contributed by atoms with van der Waals surface area (Å²) in [5.74, 6) is -1.40. The molecule has 3 rings (SSSR count). The summed E-state index contributed by atoms with van der Waals surface area (Å²) in [5.41, 5.74) is 0.877. The highest BCUT2D eigenvalue weighted by molar-refractivity contribution is 6.04. The molecular weight excluding hydrogens is 412 g/mol. The van der Waals surface area contributed by atoms with Crippen molar-refractivity contribution in [3.05, 3.63) is 35.9 Å². The molecule has 0 saturated carbocycles. The van der Waals surface area contributed by atoms with Crippen LogP contribution in [-0.2, 0) is 30.4 Å². The number of hydrogen-bond donors (Lipinski definition) is 1. The van der Waals surface area contributed by atoms with Crippen LogP contribution in [0.15, 0.2) is 30.3 Å². The van der Waals surface area contributed by atoms with Crippen molar-refractivity contribution in [3.63, 3.8) is 0 Å². The van der Waals surface area contributed by atoms with E-state index in [1.807, 2.05) is 44.2 Å². The predicted octanol–water partition coefficient (Wildman–Crippen LogP) is 0.190. The van der Waals surface area contributed by atoms with Crippen molar-refractivity contribution in [1.29, 1.82) is 0 Å². The summed E-state index contributed by atoms with van der Waals surface area (Å²) in [5, 5.41) is 2.86. The van der Waals surface area contributed by atoms with E-state index in [1.165, 1.54) is 0 Å². The number of benzene rings is 1. The first-order valence-corrected chi connectivity index (χ1v) is 11.0. The fourth-order valence-corrected chi connectivity index (χ4v) is 3.93. The molecule has 172 valence electrons. The van der Waals surface area contributed by atoms with Crippen molar-refractivity contribution < 1.29 is 24.0 Å². The van der Waals surface area contributed by atoms with Crippen molar-refractivity contribution in [2.75, 3.05) is 32.7 Å². The van der Waals surface area contributed by atoms with Gasteiger partial charge in [0.25, 0.3) is 0 Å². The molecule has 2 aliphatic rings. The molecule has 1 N–H and O–H groups in total. The van der Waals surface area contributed by atoms with Crippen molar-refractivity contribution >= 4 is 29.5 Å². The fraction of sp³-hybridized carbons (Fsp3) is 0.522. The van der Waals surface area contributed by atoms with E-state index in [0.717, 1.165) is 10.5 Å². The second-order valence-electron chi connectivity index (χ2n) is 8.53. The quantitative estimate of drug-likeness (QED) is 0.607. The first kappa shape index (κ1) is 23.4. The topological polar surface area (TPSA) is 107 Å². The summed E-state index contributed by atoms with van der Waals surface area (Å²) in [4.78, 5) is 65.8. The highest BCUT2D eigenvalue weighted by Crippen LogP contribution is 2.14. The maximum Gasteiger partial charge on any atom is 0.245 e. The maximum absolute atomic E-state index is 13.1. The second-order valence-corrected chi connectivity index (χ2v) is 8.53. The van der Waals surface area contributed by atoms with Gasteiger partial charge in [0.1, 0.15) is 12.6 Å². The number of nitrogens with one attached hydrogen (secondary N) is 1. The third-order valence-corrected chi connectivity index (χ3v) is 5.85. The minimum absolute atomic E-state index is 0.0888. The van der Waals surface area contributed by atoms with Gasteiger partial charge in [0.05, 0.1) is 6.42 Å². The van der Waals surface area contributed by atoms with E-state index < -0.39 is 6.04 Å². The molecule has 9 nitrogen and oxygen atoms in total. The van der Waals surface area contributed by atoms with Gasteiger partial charge in [-0.3, -0.25) is 28.9 Å². The Kier molecular flexibility index (Phi) is 7.61. The third kappa shape index (κ3) is 5.72. The van der Waals surface area contributed by atoms with Crippen LogP contribution in [0.2, 0.25) is 0 Å². The number of rotatable bonds is 7. The molecule has 1 aromatic carbocycles. The van der Waals surface area contributed by atoms with E-state index in [9.17, 15) is 24.0 Å². The summed E-state index contributed by atoms with van der Waals surface area (Å²) in [6.07, 6.45) is 0.509. The molecule has 0 unspecified atom stereocenters. The molecule has 2 fully saturated rings. The largest absolute Gasteiger partial charge is 0.344 e. The lowest BCUT2D eigenvalue weighted by Crippen LogP contribution is -2.58. The zero-order chi connectivity index (χ0) is 23.3. The molecule has 2 saturated heterocycles. The van der Waals surface area contributed by atoms with E-state index in [0.29, 0.717) is 26.2 Å². The Morgan fingerprint density at radius 3 is 2.03 bits per heavy atom. The number of carbonyl (C=O) groups is 5. The number of piperazine rings is 1. The van der Waals surface area contributed by atoms with Crippen LogP contribution in [0.3, 0.4) is 0 Å². The smallest absolute Gasteiger partial charge is 0.245 e. The minimum atomic E-state index is -0.645. The minimum Gasteiger partial charge on any atom is -0.344 e. The lowest BCUT2D eigenvalue weighted by Gasteiger charge is -2.37. The molecule has 0 aromatic heterocycles. The van der Waals surface area contributed by atoms with Gasteiger partial charge in [0.2, 0.25) is 29.5 Å². The van der Waals surface area contributed by atoms with Crippen LogP contribution in [0, 0.1) is 5.92 Å². The van der Waals surface area contributed by atoms with Gasteiger partial charge in [-0.15, -0.1) is 0 Å². The molecular formula is C23H30N4O5. The lowest BCUT2D eigenvalue weighted by molar-refractivity contribution is -0.147. The standard InChI is InChI=1S/C23H30N4O5/c1-16(2)22(24-18(28)14-17-6-4-3-5-7-17)23(32)26-12-10-25(11-13-26)21(31)15-27-19(29)8-9-20(27)30/h3-7,16,22H,8-15H2,1-2H3,(H,24,28)/t22-/m0/s1. The van der Waals surface area contributed by atoms with Crippen LogP contribution in [0.1, 0.15) is 32.3 Å². The SMILES string of the molecule is CC(C)[C@H](NC(=O)Cc1ccccc1)C(=O)N1CCN(C(=O)CN2C(=O)CCC2=O)CC1. The highest BCUT2D eigenvalue weighted by Gasteiger charge is 2.34. The summed E-state index contributed by atoms with van der Waals surface area (Å²) < 4.78 is 0. The van der Waals surface area contributed by atoms with Crippen LogP contribution in [0.25, 0.3) is 0 Å². The van der Waals surface area contributed by atoms with Crippen molar-refractivity contribution in [2.45, 2.75) is 39.2 Å². The van der Waals surface area contributed by atoms with Gasteiger partial charge in [0.15, 0.2) is 0 Å². The number of hydrogen-bond acceptors (Lipinski definition) is 5. The number of imide groups is 1. The molecule has 2 heterocycles. The molecule has 0 radical (unpaired) electrons. The average Bonchev–Trinajstić information content (AvgIpc) is 3.09. The van der Waals surface area contributed by atoms with Gasteiger partial charge < -0.3 is 15.1 Å². The predicted molar refractivity (Wildman–Crippen MR) is 116 cm³/mol. The number of likely N-dealkylation sites (tertiary alicyclic amines) is 1. The van der Waals surface area contributed by atoms with Crippen molar-refractivity contribution in [2.24, 2.45) is 5.92 Å². The van der Waals surface area contributed by atoms with E-state index in [4.69, 9.17) is 0 Å². The molecule has 2 aliphatic heterocycles. The normalized spacial score (nSPS) is 17.7. The monoisotopic (exact) mass is 442 g/mol. The van der Waals surface area contributed by atoms with Gasteiger partial charge >= 0.3 is 0 Å². The second kappa shape index (κ2) is 10.4. The van der Waals surface area contributed by atoms with E-state index in [1.54, 1.807) is 9.80 Å². The van der Waals surface area contributed by atoms with Crippen LogP contribution in [0.4, 0.5) is 0 Å². The Labute approximate surface area is 187 Å². The van der Waals surface area contributed by atoms with Gasteiger partial charge in [0, 0.05) is 39.0 Å².